The van der Waals surface area contributed by atoms with Crippen molar-refractivity contribution in [3.8, 4) is 0 Å². The van der Waals surface area contributed by atoms with E-state index >= 15 is 0 Å². The van der Waals surface area contributed by atoms with Gasteiger partial charge in [0.2, 0.25) is 5.91 Å². The highest BCUT2D eigenvalue weighted by Crippen LogP contribution is 2.23. The Bertz CT molecular complexity index is 291. The van der Waals surface area contributed by atoms with Gasteiger partial charge in [0.25, 0.3) is 0 Å². The van der Waals surface area contributed by atoms with Gasteiger partial charge in [-0.2, -0.15) is 0 Å². The van der Waals surface area contributed by atoms with Crippen molar-refractivity contribution in [3.63, 3.8) is 0 Å². The van der Waals surface area contributed by atoms with E-state index < -0.39 is 0 Å². The molecule has 2 atom stereocenters. The van der Waals surface area contributed by atoms with Gasteiger partial charge < -0.3 is 9.80 Å². The lowest BCUT2D eigenvalue weighted by atomic mass is 9.92. The van der Waals surface area contributed by atoms with Crippen molar-refractivity contribution < 1.29 is 4.79 Å². The zero-order valence-electron chi connectivity index (χ0n) is 16.7. The summed E-state index contributed by atoms with van der Waals surface area (Å²) in [5.41, 5.74) is 0. The molecule has 0 aliphatic carbocycles. The molecule has 0 N–H and O–H groups in total. The summed E-state index contributed by atoms with van der Waals surface area (Å²) >= 11 is 0. The molecule has 0 aromatic heterocycles. The van der Waals surface area contributed by atoms with E-state index in [0.717, 1.165) is 25.9 Å². The Kier molecular flexibility index (Phi) is 13.5. The SMILES string of the molecule is CC.CCCCCC(CCCC)CC(=O)N1CCC(N(C)C)C1. The molecule has 1 heterocycles. The molecule has 3 heteroatoms. The molecule has 0 bridgehead atoms. The summed E-state index contributed by atoms with van der Waals surface area (Å²) in [5, 5.41) is 0. The van der Waals surface area contributed by atoms with Crippen molar-refractivity contribution in [1.82, 2.24) is 9.80 Å². The highest BCUT2D eigenvalue weighted by Gasteiger charge is 2.28. The number of hydrogen-bond acceptors (Lipinski definition) is 2. The fourth-order valence-electron chi connectivity index (χ4n) is 3.29. The number of unbranched alkanes of at least 4 members (excludes halogenated alkanes) is 3. The van der Waals surface area contributed by atoms with Crippen LogP contribution in [0.15, 0.2) is 0 Å². The predicted octanol–water partition coefficient (Wildman–Crippen LogP) is 4.95. The lowest BCUT2D eigenvalue weighted by molar-refractivity contribution is -0.131. The Morgan fingerprint density at radius 3 is 2.22 bits per heavy atom. The Morgan fingerprint density at radius 1 is 1.09 bits per heavy atom. The van der Waals surface area contributed by atoms with Crippen LogP contribution in [0.4, 0.5) is 0 Å². The maximum absolute atomic E-state index is 12.5. The summed E-state index contributed by atoms with van der Waals surface area (Å²) in [6.45, 7) is 10.4. The van der Waals surface area contributed by atoms with Crippen LogP contribution in [-0.4, -0.2) is 48.9 Å². The molecule has 1 saturated heterocycles. The summed E-state index contributed by atoms with van der Waals surface area (Å²) in [6.07, 6.45) is 10.8. The second-order valence-corrected chi connectivity index (χ2v) is 6.95. The normalized spacial score (nSPS) is 18.7. The standard InChI is InChI=1S/C18H36N2O.C2H6/c1-5-7-9-11-16(10-8-6-2)14-18(21)20-13-12-17(15-20)19(3)4;1-2/h16-17H,5-15H2,1-4H3;1-2H3. The van der Waals surface area contributed by atoms with E-state index in [1.165, 1.54) is 44.9 Å². The third kappa shape index (κ3) is 9.34. The van der Waals surface area contributed by atoms with Gasteiger partial charge >= 0.3 is 0 Å². The van der Waals surface area contributed by atoms with Crippen LogP contribution in [0.2, 0.25) is 0 Å². The first-order valence-electron chi connectivity index (χ1n) is 10.0. The first-order valence-corrected chi connectivity index (χ1v) is 10.0. The van der Waals surface area contributed by atoms with E-state index in [9.17, 15) is 4.79 Å². The molecule has 23 heavy (non-hydrogen) atoms. The molecule has 138 valence electrons. The number of rotatable bonds is 10. The van der Waals surface area contributed by atoms with Crippen molar-refractivity contribution in [1.29, 1.82) is 0 Å². The molecule has 1 aliphatic heterocycles. The van der Waals surface area contributed by atoms with Crippen molar-refractivity contribution in [2.45, 2.75) is 91.5 Å². The number of carbonyl (C=O) groups is 1. The van der Waals surface area contributed by atoms with Crippen molar-refractivity contribution in [3.05, 3.63) is 0 Å². The van der Waals surface area contributed by atoms with Crippen LogP contribution >= 0.6 is 0 Å². The smallest absolute Gasteiger partial charge is 0.222 e. The first-order chi connectivity index (χ1) is 11.1. The molecule has 3 nitrogen and oxygen atoms in total. The van der Waals surface area contributed by atoms with Crippen LogP contribution in [0.25, 0.3) is 0 Å². The van der Waals surface area contributed by atoms with Gasteiger partial charge in [-0.25, -0.2) is 0 Å². The van der Waals surface area contributed by atoms with Crippen molar-refractivity contribution in [2.75, 3.05) is 27.2 Å². The van der Waals surface area contributed by atoms with Crippen molar-refractivity contribution >= 4 is 5.91 Å². The number of hydrogen-bond donors (Lipinski definition) is 0. The second-order valence-electron chi connectivity index (χ2n) is 6.95. The topological polar surface area (TPSA) is 23.6 Å². The van der Waals surface area contributed by atoms with Crippen LogP contribution < -0.4 is 0 Å². The highest BCUT2D eigenvalue weighted by atomic mass is 16.2. The molecule has 0 aromatic carbocycles. The van der Waals surface area contributed by atoms with Gasteiger partial charge in [-0.15, -0.1) is 0 Å². The minimum Gasteiger partial charge on any atom is -0.341 e. The molecule has 1 fully saturated rings. The predicted molar refractivity (Wildman–Crippen MR) is 102 cm³/mol. The number of amides is 1. The van der Waals surface area contributed by atoms with E-state index in [1.807, 2.05) is 13.8 Å². The minimum atomic E-state index is 0.400. The van der Waals surface area contributed by atoms with Gasteiger partial charge in [0.05, 0.1) is 0 Å². The Balaban J connectivity index is 0.00000232. The van der Waals surface area contributed by atoms with Gasteiger partial charge in [0.15, 0.2) is 0 Å². The molecule has 0 spiro atoms. The average molecular weight is 327 g/mol. The Labute approximate surface area is 145 Å². The van der Waals surface area contributed by atoms with E-state index in [4.69, 9.17) is 0 Å². The number of likely N-dealkylation sites (tertiary alicyclic amines) is 1. The highest BCUT2D eigenvalue weighted by molar-refractivity contribution is 5.76. The molecule has 1 amide bonds. The summed E-state index contributed by atoms with van der Waals surface area (Å²) in [5.74, 6) is 1.01. The molecule has 0 aromatic rings. The third-order valence-corrected chi connectivity index (χ3v) is 4.89. The van der Waals surface area contributed by atoms with Crippen LogP contribution in [0, 0.1) is 5.92 Å². The molecule has 0 radical (unpaired) electrons. The Morgan fingerprint density at radius 2 is 1.70 bits per heavy atom. The molecule has 2 unspecified atom stereocenters. The maximum Gasteiger partial charge on any atom is 0.222 e. The minimum absolute atomic E-state index is 0.400. The zero-order valence-corrected chi connectivity index (χ0v) is 16.7. The lowest BCUT2D eigenvalue weighted by Gasteiger charge is -2.23. The summed E-state index contributed by atoms with van der Waals surface area (Å²) < 4.78 is 0. The zero-order chi connectivity index (χ0) is 17.7. The molecular weight excluding hydrogens is 284 g/mol. The number of nitrogens with zero attached hydrogens (tertiary/aromatic N) is 2. The largest absolute Gasteiger partial charge is 0.341 e. The maximum atomic E-state index is 12.5. The fourth-order valence-corrected chi connectivity index (χ4v) is 3.29. The quantitative estimate of drug-likeness (QED) is 0.530. The van der Waals surface area contributed by atoms with Crippen molar-refractivity contribution in [2.24, 2.45) is 5.92 Å². The van der Waals surface area contributed by atoms with Crippen LogP contribution in [0.3, 0.4) is 0 Å². The van der Waals surface area contributed by atoms with Crippen LogP contribution in [0.5, 0.6) is 0 Å². The summed E-state index contributed by atoms with van der Waals surface area (Å²) in [4.78, 5) is 16.9. The fraction of sp³-hybridized carbons (Fsp3) is 0.950. The third-order valence-electron chi connectivity index (χ3n) is 4.89. The van der Waals surface area contributed by atoms with Gasteiger partial charge in [0, 0.05) is 25.6 Å². The van der Waals surface area contributed by atoms with Crippen LogP contribution in [0.1, 0.15) is 85.5 Å². The van der Waals surface area contributed by atoms with Crippen LogP contribution in [-0.2, 0) is 4.79 Å². The van der Waals surface area contributed by atoms with E-state index in [0.29, 0.717) is 17.9 Å². The average Bonchev–Trinajstić information content (AvgIpc) is 3.05. The van der Waals surface area contributed by atoms with E-state index in [1.54, 1.807) is 0 Å². The van der Waals surface area contributed by atoms with Gasteiger partial charge in [-0.05, 0) is 39.3 Å². The number of carbonyl (C=O) groups excluding carboxylic acids is 1. The van der Waals surface area contributed by atoms with E-state index in [2.05, 4.69) is 37.7 Å². The Hall–Kier alpha value is -0.570. The molecule has 1 aliphatic rings. The summed E-state index contributed by atoms with van der Waals surface area (Å²) in [7, 11) is 4.24. The summed E-state index contributed by atoms with van der Waals surface area (Å²) in [6, 6.07) is 0.558. The van der Waals surface area contributed by atoms with Gasteiger partial charge in [0.1, 0.15) is 0 Å². The van der Waals surface area contributed by atoms with Gasteiger partial charge in [-0.1, -0.05) is 59.8 Å². The second kappa shape index (κ2) is 13.8. The first kappa shape index (κ1) is 22.4. The van der Waals surface area contributed by atoms with Gasteiger partial charge in [-0.3, -0.25) is 4.79 Å². The molecule has 0 saturated carbocycles. The lowest BCUT2D eigenvalue weighted by Crippen LogP contribution is -2.35. The molecule has 1 rings (SSSR count). The van der Waals surface area contributed by atoms with E-state index in [-0.39, 0.29) is 0 Å². The monoisotopic (exact) mass is 326 g/mol. The molecular formula is C20H42N2O. The number of likely N-dealkylation sites (N-methyl/N-ethyl adjacent to an activating group) is 1.